The van der Waals surface area contributed by atoms with Gasteiger partial charge in [-0.1, -0.05) is 36.4 Å². The summed E-state index contributed by atoms with van der Waals surface area (Å²) < 4.78 is 46.0. The molecule has 0 atom stereocenters. The van der Waals surface area contributed by atoms with Gasteiger partial charge in [-0.25, -0.2) is 18.6 Å². The molecule has 0 aliphatic heterocycles. The molecular formula is C20H10F3NO2. The number of pyridine rings is 1. The highest BCUT2D eigenvalue weighted by Crippen LogP contribution is 2.29. The molecule has 0 saturated carbocycles. The first kappa shape index (κ1) is 16.1. The minimum Gasteiger partial charge on any atom is -0.416 e. The van der Waals surface area contributed by atoms with E-state index in [1.165, 1.54) is 0 Å². The van der Waals surface area contributed by atoms with Crippen LogP contribution >= 0.6 is 0 Å². The molecule has 0 saturated heterocycles. The van der Waals surface area contributed by atoms with Gasteiger partial charge in [0.1, 0.15) is 0 Å². The van der Waals surface area contributed by atoms with Crippen molar-refractivity contribution >= 4 is 27.8 Å². The number of carbonyl (C=O) groups excluding carboxylic acids is 1. The molecule has 26 heavy (non-hydrogen) atoms. The largest absolute Gasteiger partial charge is 0.416 e. The zero-order chi connectivity index (χ0) is 18.3. The maximum absolute atomic E-state index is 13.9. The minimum atomic E-state index is -1.55. The van der Waals surface area contributed by atoms with Crippen LogP contribution < -0.4 is 4.74 Å². The Morgan fingerprint density at radius 2 is 1.31 bits per heavy atom. The Hall–Kier alpha value is -3.41. The number of nitrogens with zero attached hydrogens (tertiary/aromatic N) is 1. The van der Waals surface area contributed by atoms with E-state index >= 15 is 0 Å². The molecule has 1 aromatic heterocycles. The monoisotopic (exact) mass is 353 g/mol. The Morgan fingerprint density at radius 3 is 1.92 bits per heavy atom. The quantitative estimate of drug-likeness (QED) is 0.220. The van der Waals surface area contributed by atoms with Gasteiger partial charge in [-0.15, -0.1) is 0 Å². The third-order valence-electron chi connectivity index (χ3n) is 3.99. The molecule has 0 spiro atoms. The fourth-order valence-electron chi connectivity index (χ4n) is 2.81. The highest BCUT2D eigenvalue weighted by molar-refractivity contribution is 6.14. The Bertz CT molecular complexity index is 1120. The third-order valence-corrected chi connectivity index (χ3v) is 3.99. The van der Waals surface area contributed by atoms with E-state index in [1.807, 2.05) is 0 Å². The van der Waals surface area contributed by atoms with Gasteiger partial charge in [0.15, 0.2) is 11.6 Å². The van der Waals surface area contributed by atoms with Gasteiger partial charge in [0.2, 0.25) is 11.6 Å². The van der Waals surface area contributed by atoms with E-state index in [0.717, 1.165) is 0 Å². The normalized spacial score (nSPS) is 11.0. The first-order valence-corrected chi connectivity index (χ1v) is 7.69. The number of benzene rings is 3. The van der Waals surface area contributed by atoms with Crippen LogP contribution in [0.5, 0.6) is 5.75 Å². The zero-order valence-corrected chi connectivity index (χ0v) is 13.2. The standard InChI is InChI=1S/C20H10F3NO2/c21-13-9-10-14(22)19(18(13)23)26-20(25)17-11-5-1-3-7-15(11)24-16-8-4-2-6-12(16)17/h1-10H. The molecule has 0 unspecified atom stereocenters. The van der Waals surface area contributed by atoms with Crippen LogP contribution in [-0.4, -0.2) is 11.0 Å². The second kappa shape index (κ2) is 6.15. The maximum atomic E-state index is 13.9. The molecule has 0 aliphatic rings. The van der Waals surface area contributed by atoms with Crippen LogP contribution in [0.4, 0.5) is 13.2 Å². The van der Waals surface area contributed by atoms with E-state index in [4.69, 9.17) is 4.74 Å². The first-order chi connectivity index (χ1) is 12.6. The van der Waals surface area contributed by atoms with E-state index in [0.29, 0.717) is 33.9 Å². The van der Waals surface area contributed by atoms with Crippen molar-refractivity contribution in [1.82, 2.24) is 4.98 Å². The lowest BCUT2D eigenvalue weighted by Crippen LogP contribution is -2.13. The highest BCUT2D eigenvalue weighted by atomic mass is 19.2. The lowest BCUT2D eigenvalue weighted by atomic mass is 10.0. The summed E-state index contributed by atoms with van der Waals surface area (Å²) in [6.07, 6.45) is 0. The summed E-state index contributed by atoms with van der Waals surface area (Å²) in [4.78, 5) is 17.2. The Morgan fingerprint density at radius 1 is 0.769 bits per heavy atom. The predicted octanol–water partition coefficient (Wildman–Crippen LogP) is 5.02. The molecule has 4 rings (SSSR count). The summed E-state index contributed by atoms with van der Waals surface area (Å²) in [5.41, 5.74) is 1.16. The average Bonchev–Trinajstić information content (AvgIpc) is 2.66. The van der Waals surface area contributed by atoms with Crippen molar-refractivity contribution in [2.75, 3.05) is 0 Å². The van der Waals surface area contributed by atoms with Gasteiger partial charge in [0.05, 0.1) is 16.6 Å². The Labute approximate surface area is 145 Å². The van der Waals surface area contributed by atoms with Gasteiger partial charge >= 0.3 is 5.97 Å². The van der Waals surface area contributed by atoms with E-state index in [1.54, 1.807) is 48.5 Å². The molecule has 1 heterocycles. The number of carbonyl (C=O) groups is 1. The second-order valence-electron chi connectivity index (χ2n) is 5.58. The molecule has 6 heteroatoms. The van der Waals surface area contributed by atoms with Gasteiger partial charge < -0.3 is 4.74 Å². The zero-order valence-electron chi connectivity index (χ0n) is 13.2. The van der Waals surface area contributed by atoms with Crippen molar-refractivity contribution in [3.8, 4) is 5.75 Å². The van der Waals surface area contributed by atoms with Gasteiger partial charge in [0.25, 0.3) is 0 Å². The highest BCUT2D eigenvalue weighted by Gasteiger charge is 2.23. The lowest BCUT2D eigenvalue weighted by molar-refractivity contribution is 0.0723. The van der Waals surface area contributed by atoms with Crippen molar-refractivity contribution in [3.63, 3.8) is 0 Å². The van der Waals surface area contributed by atoms with Crippen molar-refractivity contribution in [2.24, 2.45) is 0 Å². The molecule has 4 aromatic rings. The molecule has 3 aromatic carbocycles. The Kier molecular flexibility index (Phi) is 3.80. The Balaban J connectivity index is 1.93. The van der Waals surface area contributed by atoms with Crippen LogP contribution in [0.3, 0.4) is 0 Å². The molecule has 0 N–H and O–H groups in total. The van der Waals surface area contributed by atoms with E-state index in [-0.39, 0.29) is 5.56 Å². The van der Waals surface area contributed by atoms with E-state index in [2.05, 4.69) is 4.98 Å². The summed E-state index contributed by atoms with van der Waals surface area (Å²) in [7, 11) is 0. The summed E-state index contributed by atoms with van der Waals surface area (Å²) in [6, 6.07) is 15.0. The molecule has 0 amide bonds. The van der Waals surface area contributed by atoms with E-state index in [9.17, 15) is 18.0 Å². The maximum Gasteiger partial charge on any atom is 0.345 e. The smallest absolute Gasteiger partial charge is 0.345 e. The van der Waals surface area contributed by atoms with Crippen LogP contribution in [0.2, 0.25) is 0 Å². The van der Waals surface area contributed by atoms with Crippen molar-refractivity contribution in [3.05, 3.63) is 83.7 Å². The van der Waals surface area contributed by atoms with Crippen LogP contribution in [0, 0.1) is 17.5 Å². The van der Waals surface area contributed by atoms with Crippen LogP contribution in [0.15, 0.2) is 60.7 Å². The first-order valence-electron chi connectivity index (χ1n) is 7.69. The van der Waals surface area contributed by atoms with Crippen molar-refractivity contribution < 1.29 is 22.7 Å². The lowest BCUT2D eigenvalue weighted by Gasteiger charge is -2.11. The van der Waals surface area contributed by atoms with Crippen molar-refractivity contribution in [2.45, 2.75) is 0 Å². The van der Waals surface area contributed by atoms with Crippen LogP contribution in [0.1, 0.15) is 10.4 Å². The molecule has 3 nitrogen and oxygen atoms in total. The molecule has 0 bridgehead atoms. The number of hydrogen-bond acceptors (Lipinski definition) is 3. The average molecular weight is 353 g/mol. The topological polar surface area (TPSA) is 39.2 Å². The van der Waals surface area contributed by atoms with Crippen LogP contribution in [-0.2, 0) is 0 Å². The second-order valence-corrected chi connectivity index (χ2v) is 5.58. The number of ether oxygens (including phenoxy) is 1. The molecule has 0 aliphatic carbocycles. The van der Waals surface area contributed by atoms with Crippen LogP contribution in [0.25, 0.3) is 21.8 Å². The summed E-state index contributed by atoms with van der Waals surface area (Å²) in [6.45, 7) is 0. The molecule has 0 radical (unpaired) electrons. The number of rotatable bonds is 2. The van der Waals surface area contributed by atoms with Gasteiger partial charge in [-0.2, -0.15) is 4.39 Å². The number of fused-ring (bicyclic) bond motifs is 2. The fourth-order valence-corrected chi connectivity index (χ4v) is 2.81. The molecule has 0 fully saturated rings. The van der Waals surface area contributed by atoms with E-state index < -0.39 is 29.2 Å². The number of para-hydroxylation sites is 2. The van der Waals surface area contributed by atoms with Crippen molar-refractivity contribution in [1.29, 1.82) is 0 Å². The summed E-state index contributed by atoms with van der Waals surface area (Å²) >= 11 is 0. The molecule has 128 valence electrons. The number of esters is 1. The summed E-state index contributed by atoms with van der Waals surface area (Å²) in [5, 5.41) is 0.932. The number of aromatic nitrogens is 1. The number of hydrogen-bond donors (Lipinski definition) is 0. The fraction of sp³-hybridized carbons (Fsp3) is 0. The minimum absolute atomic E-state index is 0.106. The van der Waals surface area contributed by atoms with Gasteiger partial charge in [0, 0.05) is 10.8 Å². The van der Waals surface area contributed by atoms with Gasteiger partial charge in [-0.05, 0) is 24.3 Å². The number of halogens is 3. The molecular weight excluding hydrogens is 343 g/mol. The predicted molar refractivity (Wildman–Crippen MR) is 90.5 cm³/mol. The summed E-state index contributed by atoms with van der Waals surface area (Å²) in [5.74, 6) is -6.09. The SMILES string of the molecule is O=C(Oc1c(F)ccc(F)c1F)c1c2ccccc2nc2ccccc12. The van der Waals surface area contributed by atoms with Gasteiger partial charge in [-0.3, -0.25) is 0 Å². The third kappa shape index (κ3) is 2.56.